The average Bonchev–Trinajstić information content (AvgIpc) is 2.99. The summed E-state index contributed by atoms with van der Waals surface area (Å²) in [6.45, 7) is 0.383. The first-order valence-corrected chi connectivity index (χ1v) is 6.33. The van der Waals surface area contributed by atoms with Crippen molar-refractivity contribution in [3.8, 4) is 0 Å². The summed E-state index contributed by atoms with van der Waals surface area (Å²) >= 11 is 0. The van der Waals surface area contributed by atoms with E-state index in [0.29, 0.717) is 12.4 Å². The van der Waals surface area contributed by atoms with Gasteiger partial charge >= 0.3 is 0 Å². The van der Waals surface area contributed by atoms with Crippen molar-refractivity contribution < 1.29 is 9.59 Å². The summed E-state index contributed by atoms with van der Waals surface area (Å²) in [7, 11) is 1.88. The van der Waals surface area contributed by atoms with Gasteiger partial charge in [0.2, 0.25) is 11.8 Å². The van der Waals surface area contributed by atoms with E-state index >= 15 is 0 Å². The van der Waals surface area contributed by atoms with E-state index in [9.17, 15) is 9.59 Å². The van der Waals surface area contributed by atoms with Crippen molar-refractivity contribution in [3.05, 3.63) is 30.1 Å². The van der Waals surface area contributed by atoms with Crippen LogP contribution in [-0.4, -0.2) is 27.9 Å². The number of rotatable bonds is 2. The molecule has 2 unspecified atom stereocenters. The molecule has 1 fully saturated rings. The van der Waals surface area contributed by atoms with E-state index < -0.39 is 11.8 Å². The molecule has 2 aromatic rings. The van der Waals surface area contributed by atoms with E-state index in [1.54, 1.807) is 0 Å². The predicted octanol–water partition coefficient (Wildman–Crippen LogP) is -0.607. The standard InChI is InChI=1S/C13H15N5O2/c1-18-9-5-3-2-4-8(9)16-11(18)7-6-15-12(19)10(7)13(20)17-14/h2-5,7,10H,6,14H2,1H3,(H,15,19)(H,17,20). The fourth-order valence-electron chi connectivity index (χ4n) is 2.75. The molecule has 0 aliphatic carbocycles. The monoisotopic (exact) mass is 273 g/mol. The van der Waals surface area contributed by atoms with E-state index in [1.807, 2.05) is 35.9 Å². The smallest absolute Gasteiger partial charge is 0.247 e. The highest BCUT2D eigenvalue weighted by Gasteiger charge is 2.43. The molecule has 2 heterocycles. The van der Waals surface area contributed by atoms with Gasteiger partial charge in [0.05, 0.1) is 17.0 Å². The van der Waals surface area contributed by atoms with Gasteiger partial charge in [0.15, 0.2) is 0 Å². The van der Waals surface area contributed by atoms with Crippen LogP contribution in [0.5, 0.6) is 0 Å². The fraction of sp³-hybridized carbons (Fsp3) is 0.308. The van der Waals surface area contributed by atoms with E-state index in [0.717, 1.165) is 11.0 Å². The highest BCUT2D eigenvalue weighted by atomic mass is 16.2. The summed E-state index contributed by atoms with van der Waals surface area (Å²) in [6, 6.07) is 7.69. The van der Waals surface area contributed by atoms with Gasteiger partial charge in [-0.05, 0) is 12.1 Å². The summed E-state index contributed by atoms with van der Waals surface area (Å²) in [4.78, 5) is 28.2. The second kappa shape index (κ2) is 4.61. The van der Waals surface area contributed by atoms with Gasteiger partial charge in [-0.25, -0.2) is 10.8 Å². The number of nitrogens with two attached hydrogens (primary N) is 1. The molecule has 1 aromatic carbocycles. The summed E-state index contributed by atoms with van der Waals surface area (Å²) in [5.74, 6) is 3.91. The zero-order valence-corrected chi connectivity index (χ0v) is 11.0. The van der Waals surface area contributed by atoms with E-state index in [1.165, 1.54) is 0 Å². The van der Waals surface area contributed by atoms with Gasteiger partial charge in [-0.15, -0.1) is 0 Å². The Bertz CT molecular complexity index is 693. The Kier molecular flexibility index (Phi) is 2.90. The molecule has 104 valence electrons. The Morgan fingerprint density at radius 2 is 2.25 bits per heavy atom. The van der Waals surface area contributed by atoms with E-state index in [-0.39, 0.29) is 11.8 Å². The number of carbonyl (C=O) groups is 2. The molecule has 0 spiro atoms. The van der Waals surface area contributed by atoms with E-state index in [4.69, 9.17) is 5.84 Å². The minimum atomic E-state index is -0.837. The van der Waals surface area contributed by atoms with Gasteiger partial charge in [0, 0.05) is 13.6 Å². The molecular weight excluding hydrogens is 258 g/mol. The Balaban J connectivity index is 2.08. The third-order valence-electron chi connectivity index (χ3n) is 3.76. The number of hydrazine groups is 1. The van der Waals surface area contributed by atoms with Crippen molar-refractivity contribution in [2.75, 3.05) is 6.54 Å². The van der Waals surface area contributed by atoms with Crippen molar-refractivity contribution in [3.63, 3.8) is 0 Å². The molecule has 7 heteroatoms. The van der Waals surface area contributed by atoms with Gasteiger partial charge in [-0.2, -0.15) is 0 Å². The van der Waals surface area contributed by atoms with Crippen molar-refractivity contribution >= 4 is 22.8 Å². The minimum Gasteiger partial charge on any atom is -0.355 e. The molecular formula is C13H15N5O2. The maximum absolute atomic E-state index is 11.8. The van der Waals surface area contributed by atoms with Crippen molar-refractivity contribution in [1.29, 1.82) is 0 Å². The molecule has 1 aromatic heterocycles. The summed E-state index contributed by atoms with van der Waals surface area (Å²) < 4.78 is 1.91. The number of nitrogens with zero attached hydrogens (tertiary/aromatic N) is 2. The van der Waals surface area contributed by atoms with Crippen LogP contribution in [0.15, 0.2) is 24.3 Å². The molecule has 1 aliphatic heterocycles. The molecule has 3 rings (SSSR count). The molecule has 7 nitrogen and oxygen atoms in total. The third kappa shape index (κ3) is 1.75. The van der Waals surface area contributed by atoms with Crippen molar-refractivity contribution in [1.82, 2.24) is 20.3 Å². The van der Waals surface area contributed by atoms with Gasteiger partial charge in [0.1, 0.15) is 11.7 Å². The number of para-hydroxylation sites is 2. The molecule has 2 atom stereocenters. The van der Waals surface area contributed by atoms with Gasteiger partial charge in [-0.3, -0.25) is 15.0 Å². The number of fused-ring (bicyclic) bond motifs is 1. The lowest BCUT2D eigenvalue weighted by Gasteiger charge is -2.14. The lowest BCUT2D eigenvalue weighted by Crippen LogP contribution is -2.41. The van der Waals surface area contributed by atoms with Crippen LogP contribution >= 0.6 is 0 Å². The van der Waals surface area contributed by atoms with Crippen molar-refractivity contribution in [2.24, 2.45) is 18.8 Å². The van der Waals surface area contributed by atoms with Gasteiger partial charge < -0.3 is 9.88 Å². The second-order valence-corrected chi connectivity index (χ2v) is 4.86. The Morgan fingerprint density at radius 3 is 2.95 bits per heavy atom. The lowest BCUT2D eigenvalue weighted by molar-refractivity contribution is -0.133. The van der Waals surface area contributed by atoms with Crippen LogP contribution in [-0.2, 0) is 16.6 Å². The quantitative estimate of drug-likeness (QED) is 0.294. The number of imidazole rings is 1. The Morgan fingerprint density at radius 1 is 1.50 bits per heavy atom. The molecule has 0 bridgehead atoms. The zero-order valence-electron chi connectivity index (χ0n) is 11.0. The first-order valence-electron chi connectivity index (χ1n) is 6.33. The van der Waals surface area contributed by atoms with E-state index in [2.05, 4.69) is 15.7 Å². The molecule has 2 amide bonds. The van der Waals surface area contributed by atoms with Crippen LogP contribution in [0.2, 0.25) is 0 Å². The Hall–Kier alpha value is -2.41. The first-order chi connectivity index (χ1) is 9.63. The number of nitrogens with one attached hydrogen (secondary N) is 2. The molecule has 0 radical (unpaired) electrons. The average molecular weight is 273 g/mol. The van der Waals surface area contributed by atoms with Crippen LogP contribution in [0.25, 0.3) is 11.0 Å². The lowest BCUT2D eigenvalue weighted by atomic mass is 9.94. The Labute approximate surface area is 115 Å². The number of carbonyl (C=O) groups excluding carboxylic acids is 2. The molecule has 1 aliphatic rings. The first kappa shape index (κ1) is 12.6. The van der Waals surface area contributed by atoms with Crippen LogP contribution in [0.4, 0.5) is 0 Å². The number of amides is 2. The number of benzene rings is 1. The topological polar surface area (TPSA) is 102 Å². The summed E-state index contributed by atoms with van der Waals surface area (Å²) in [6.07, 6.45) is 0. The van der Waals surface area contributed by atoms with Crippen LogP contribution < -0.4 is 16.6 Å². The minimum absolute atomic E-state index is 0.315. The van der Waals surface area contributed by atoms with Gasteiger partial charge in [-0.1, -0.05) is 12.1 Å². The SMILES string of the molecule is Cn1c(C2CNC(=O)C2C(=O)NN)nc2ccccc21. The zero-order chi connectivity index (χ0) is 14.3. The van der Waals surface area contributed by atoms with Gasteiger partial charge in [0.25, 0.3) is 0 Å². The van der Waals surface area contributed by atoms with Crippen LogP contribution in [0.3, 0.4) is 0 Å². The molecule has 4 N–H and O–H groups in total. The molecule has 1 saturated heterocycles. The number of aryl methyl sites for hydroxylation is 1. The normalized spacial score (nSPS) is 22.0. The molecule has 0 saturated carbocycles. The summed E-state index contributed by atoms with van der Waals surface area (Å²) in [5, 5.41) is 2.70. The number of aromatic nitrogens is 2. The van der Waals surface area contributed by atoms with Crippen LogP contribution in [0.1, 0.15) is 11.7 Å². The third-order valence-corrected chi connectivity index (χ3v) is 3.76. The second-order valence-electron chi connectivity index (χ2n) is 4.86. The van der Waals surface area contributed by atoms with Crippen molar-refractivity contribution in [2.45, 2.75) is 5.92 Å². The number of hydrogen-bond donors (Lipinski definition) is 3. The summed E-state index contributed by atoms with van der Waals surface area (Å²) in [5.41, 5.74) is 3.86. The molecule has 20 heavy (non-hydrogen) atoms. The number of hydrogen-bond acceptors (Lipinski definition) is 4. The maximum atomic E-state index is 11.8. The largest absolute Gasteiger partial charge is 0.355 e. The fourth-order valence-corrected chi connectivity index (χ4v) is 2.75. The predicted molar refractivity (Wildman–Crippen MR) is 72.3 cm³/mol. The highest BCUT2D eigenvalue weighted by molar-refractivity contribution is 6.02. The van der Waals surface area contributed by atoms with Crippen LogP contribution in [0, 0.1) is 5.92 Å². The maximum Gasteiger partial charge on any atom is 0.247 e. The highest BCUT2D eigenvalue weighted by Crippen LogP contribution is 2.30.